The minimum absolute atomic E-state index is 0.159. The van der Waals surface area contributed by atoms with E-state index in [1.807, 2.05) is 0 Å². The van der Waals surface area contributed by atoms with Gasteiger partial charge in [-0.2, -0.15) is 0 Å². The Bertz CT molecular complexity index is 447. The minimum Gasteiger partial charge on any atom is -0.324 e. The van der Waals surface area contributed by atoms with Gasteiger partial charge in [-0.15, -0.1) is 10.2 Å². The van der Waals surface area contributed by atoms with Gasteiger partial charge in [0.1, 0.15) is 11.0 Å². The first-order valence-corrected chi connectivity index (χ1v) is 7.40. The lowest BCUT2D eigenvalue weighted by Crippen LogP contribution is -2.40. The van der Waals surface area contributed by atoms with E-state index in [1.165, 1.54) is 16.2 Å². The fourth-order valence-corrected chi connectivity index (χ4v) is 3.11. The maximum atomic E-state index is 11.9. The number of carbonyl (C=O) groups excluding carboxylic acids is 2. The van der Waals surface area contributed by atoms with Crippen LogP contribution in [-0.4, -0.2) is 44.9 Å². The van der Waals surface area contributed by atoms with Crippen LogP contribution in [0.2, 0.25) is 0 Å². The molecule has 1 N–H and O–H groups in total. The van der Waals surface area contributed by atoms with Crippen LogP contribution in [0.1, 0.15) is 20.3 Å². The van der Waals surface area contributed by atoms with E-state index in [2.05, 4.69) is 15.5 Å². The van der Waals surface area contributed by atoms with Crippen LogP contribution in [0, 0.1) is 0 Å². The third kappa shape index (κ3) is 2.81. The monoisotopic (exact) mass is 286 g/mol. The summed E-state index contributed by atoms with van der Waals surface area (Å²) in [4.78, 5) is 24.7. The van der Waals surface area contributed by atoms with Crippen LogP contribution in [-0.2, 0) is 4.79 Å². The summed E-state index contributed by atoms with van der Waals surface area (Å²) >= 11 is 3.08. The predicted molar refractivity (Wildman–Crippen MR) is 69.6 cm³/mol. The van der Waals surface area contributed by atoms with Crippen LogP contribution in [0.5, 0.6) is 0 Å². The predicted octanol–water partition coefficient (Wildman–Crippen LogP) is 1.35. The molecule has 1 saturated heterocycles. The first kappa shape index (κ1) is 13.3. The summed E-state index contributed by atoms with van der Waals surface area (Å²) in [7, 11) is 0. The van der Waals surface area contributed by atoms with Gasteiger partial charge in [-0.1, -0.05) is 23.1 Å². The van der Waals surface area contributed by atoms with Gasteiger partial charge in [0.15, 0.2) is 4.34 Å². The highest BCUT2D eigenvalue weighted by Gasteiger charge is 2.43. The Balaban J connectivity index is 1.77. The van der Waals surface area contributed by atoms with Gasteiger partial charge in [-0.05, 0) is 20.3 Å². The fraction of sp³-hybridized carbons (Fsp3) is 0.600. The second-order valence-corrected chi connectivity index (χ2v) is 6.59. The normalized spacial score (nSPS) is 18.2. The fourth-order valence-electron chi connectivity index (χ4n) is 1.63. The molecule has 6 nitrogen and oxygen atoms in total. The summed E-state index contributed by atoms with van der Waals surface area (Å²) in [6.45, 7) is 3.87. The minimum atomic E-state index is -0.774. The van der Waals surface area contributed by atoms with Crippen molar-refractivity contribution in [1.82, 2.24) is 20.4 Å². The zero-order valence-electron chi connectivity index (χ0n) is 10.2. The number of urea groups is 1. The quantitative estimate of drug-likeness (QED) is 0.502. The van der Waals surface area contributed by atoms with Crippen LogP contribution in [0.4, 0.5) is 4.79 Å². The second-order valence-electron chi connectivity index (χ2n) is 4.42. The van der Waals surface area contributed by atoms with Crippen molar-refractivity contribution in [1.29, 1.82) is 0 Å². The van der Waals surface area contributed by atoms with Gasteiger partial charge in [0, 0.05) is 12.3 Å². The van der Waals surface area contributed by atoms with Crippen LogP contribution in [0.3, 0.4) is 0 Å². The molecule has 0 saturated carbocycles. The molecule has 2 rings (SSSR count). The number of imide groups is 1. The van der Waals surface area contributed by atoms with E-state index in [0.717, 1.165) is 16.5 Å². The Morgan fingerprint density at radius 1 is 1.50 bits per heavy atom. The zero-order chi connectivity index (χ0) is 13.2. The topological polar surface area (TPSA) is 75.2 Å². The van der Waals surface area contributed by atoms with Crippen molar-refractivity contribution in [3.05, 3.63) is 5.51 Å². The molecule has 0 unspecified atom stereocenters. The number of carbonyl (C=O) groups is 2. The van der Waals surface area contributed by atoms with Crippen molar-refractivity contribution in [2.75, 3.05) is 12.3 Å². The molecule has 98 valence electrons. The van der Waals surface area contributed by atoms with Gasteiger partial charge < -0.3 is 5.32 Å². The number of hydrogen-bond acceptors (Lipinski definition) is 6. The number of amides is 3. The number of aromatic nitrogens is 2. The van der Waals surface area contributed by atoms with E-state index in [4.69, 9.17) is 0 Å². The lowest BCUT2D eigenvalue weighted by Gasteiger charge is -2.15. The van der Waals surface area contributed by atoms with E-state index in [9.17, 15) is 9.59 Å². The molecule has 3 amide bonds. The number of thioether (sulfide) groups is 1. The van der Waals surface area contributed by atoms with E-state index in [-0.39, 0.29) is 11.9 Å². The molecule has 1 aromatic rings. The summed E-state index contributed by atoms with van der Waals surface area (Å²) in [5.74, 6) is 0.653. The Kier molecular flexibility index (Phi) is 3.86. The Morgan fingerprint density at radius 3 is 2.83 bits per heavy atom. The Labute approximate surface area is 113 Å². The smallest absolute Gasteiger partial charge is 0.324 e. The maximum absolute atomic E-state index is 11.9. The molecule has 0 bridgehead atoms. The molecular formula is C10H14N4O2S2. The number of nitrogens with zero attached hydrogens (tertiary/aromatic N) is 3. The molecule has 0 atom stereocenters. The summed E-state index contributed by atoms with van der Waals surface area (Å²) in [6, 6.07) is -0.300. The molecule has 8 heteroatoms. The molecule has 0 spiro atoms. The van der Waals surface area contributed by atoms with Crippen molar-refractivity contribution in [2.45, 2.75) is 30.1 Å². The second kappa shape index (κ2) is 5.23. The summed E-state index contributed by atoms with van der Waals surface area (Å²) < 4.78 is 0.910. The zero-order valence-corrected chi connectivity index (χ0v) is 11.8. The lowest BCUT2D eigenvalue weighted by atomic mass is 10.1. The van der Waals surface area contributed by atoms with Crippen LogP contribution >= 0.6 is 23.1 Å². The van der Waals surface area contributed by atoms with Crippen molar-refractivity contribution in [3.8, 4) is 0 Å². The van der Waals surface area contributed by atoms with E-state index in [1.54, 1.807) is 31.1 Å². The highest BCUT2D eigenvalue weighted by molar-refractivity contribution is 8.00. The standard InChI is InChI=1S/C10H14N4O2S2/c1-10(2)7(15)14(8(16)12-10)4-3-5-17-9-13-11-6-18-9/h6H,3-5H2,1-2H3,(H,12,16). The number of nitrogens with one attached hydrogen (secondary N) is 1. The first-order valence-electron chi connectivity index (χ1n) is 5.54. The lowest BCUT2D eigenvalue weighted by molar-refractivity contribution is -0.130. The third-order valence-corrected chi connectivity index (χ3v) is 4.48. The molecule has 1 aliphatic rings. The van der Waals surface area contributed by atoms with Gasteiger partial charge in [0.2, 0.25) is 0 Å². The highest BCUT2D eigenvalue weighted by atomic mass is 32.2. The van der Waals surface area contributed by atoms with Crippen LogP contribution in [0.15, 0.2) is 9.85 Å². The van der Waals surface area contributed by atoms with Gasteiger partial charge >= 0.3 is 6.03 Å². The number of hydrogen-bond donors (Lipinski definition) is 1. The summed E-state index contributed by atoms with van der Waals surface area (Å²) in [6.07, 6.45) is 0.749. The number of rotatable bonds is 5. The molecule has 18 heavy (non-hydrogen) atoms. The SMILES string of the molecule is CC1(C)NC(=O)N(CCCSc2nncs2)C1=O. The molecule has 1 fully saturated rings. The van der Waals surface area contributed by atoms with Gasteiger partial charge in [0.05, 0.1) is 0 Å². The van der Waals surface area contributed by atoms with E-state index >= 15 is 0 Å². The van der Waals surface area contributed by atoms with Crippen LogP contribution in [0.25, 0.3) is 0 Å². The van der Waals surface area contributed by atoms with Crippen molar-refractivity contribution in [2.24, 2.45) is 0 Å². The van der Waals surface area contributed by atoms with E-state index < -0.39 is 5.54 Å². The third-order valence-electron chi connectivity index (χ3n) is 2.54. The molecule has 0 aromatic carbocycles. The summed E-state index contributed by atoms with van der Waals surface area (Å²) in [5.41, 5.74) is 0.908. The van der Waals surface area contributed by atoms with E-state index in [0.29, 0.717) is 6.54 Å². The summed E-state index contributed by atoms with van der Waals surface area (Å²) in [5, 5.41) is 10.3. The molecular weight excluding hydrogens is 272 g/mol. The molecule has 0 aliphatic carbocycles. The van der Waals surface area contributed by atoms with Gasteiger partial charge in [0.25, 0.3) is 5.91 Å². The van der Waals surface area contributed by atoms with Gasteiger partial charge in [-0.25, -0.2) is 4.79 Å². The largest absolute Gasteiger partial charge is 0.325 e. The van der Waals surface area contributed by atoms with Crippen molar-refractivity contribution in [3.63, 3.8) is 0 Å². The average Bonchev–Trinajstić information content (AvgIpc) is 2.85. The highest BCUT2D eigenvalue weighted by Crippen LogP contribution is 2.21. The maximum Gasteiger partial charge on any atom is 0.325 e. The Morgan fingerprint density at radius 2 is 2.28 bits per heavy atom. The first-order chi connectivity index (χ1) is 8.50. The van der Waals surface area contributed by atoms with Crippen molar-refractivity contribution >= 4 is 35.0 Å². The molecule has 0 radical (unpaired) electrons. The van der Waals surface area contributed by atoms with Crippen LogP contribution < -0.4 is 5.32 Å². The molecule has 1 aliphatic heterocycles. The molecule has 1 aromatic heterocycles. The Hall–Kier alpha value is -1.15. The van der Waals surface area contributed by atoms with Gasteiger partial charge in [-0.3, -0.25) is 9.69 Å². The average molecular weight is 286 g/mol. The van der Waals surface area contributed by atoms with Crippen molar-refractivity contribution < 1.29 is 9.59 Å². The molecule has 2 heterocycles.